The molecule has 296 valence electrons. The summed E-state index contributed by atoms with van der Waals surface area (Å²) in [5.41, 5.74) is 1.67. The Morgan fingerprint density at radius 3 is 1.62 bits per heavy atom. The van der Waals surface area contributed by atoms with E-state index in [0.29, 0.717) is 52.0 Å². The van der Waals surface area contributed by atoms with Gasteiger partial charge in [-0.05, 0) is 48.7 Å². The monoisotopic (exact) mass is 824 g/mol. The number of benzene rings is 3. The standard InChI is InChI=1S/C24H21N3O3S.C18H14F3N3O2S/c1-17-21(22(28)25-15-18-9-4-2-5-10-18)31-24(26-17)27-14-8-13-20(23(27)29)30-16-19-11-6-3-7-12-19;1-11-15(16(26)22-10-12-5-3-2-4-6-12)27-17(23-11)24-8-7-13(9-14(24)25)18(19,20)21/h2-14H,15-16H2,1H3,(H,25,28);2-9H,10H2,1H3,(H,22,26). The van der Waals surface area contributed by atoms with Crippen LogP contribution < -0.4 is 26.5 Å². The van der Waals surface area contributed by atoms with Crippen LogP contribution in [0.1, 0.15) is 53.0 Å². The average molecular weight is 825 g/mol. The second-order valence-electron chi connectivity index (χ2n) is 12.6. The molecule has 7 rings (SSSR count). The van der Waals surface area contributed by atoms with Crippen molar-refractivity contribution in [2.45, 2.75) is 39.7 Å². The van der Waals surface area contributed by atoms with Crippen molar-refractivity contribution < 1.29 is 27.5 Å². The summed E-state index contributed by atoms with van der Waals surface area (Å²) in [7, 11) is 0. The Morgan fingerprint density at radius 1 is 0.655 bits per heavy atom. The van der Waals surface area contributed by atoms with E-state index in [1.807, 2.05) is 91.0 Å². The number of pyridine rings is 2. The molecule has 0 aliphatic rings. The molecule has 0 aliphatic carbocycles. The van der Waals surface area contributed by atoms with E-state index in [1.165, 1.54) is 15.9 Å². The van der Waals surface area contributed by atoms with Crippen LogP contribution in [0.15, 0.2) is 137 Å². The summed E-state index contributed by atoms with van der Waals surface area (Å²) in [6, 6.07) is 33.3. The second kappa shape index (κ2) is 18.5. The predicted octanol–water partition coefficient (Wildman–Crippen LogP) is 7.66. The Kier molecular flexibility index (Phi) is 13.1. The minimum absolute atomic E-state index is 0.135. The zero-order valence-electron chi connectivity index (χ0n) is 31.0. The molecule has 16 heteroatoms. The Morgan fingerprint density at radius 2 is 1.14 bits per heavy atom. The minimum atomic E-state index is -4.60. The van der Waals surface area contributed by atoms with Crippen molar-refractivity contribution in [2.75, 3.05) is 0 Å². The lowest BCUT2D eigenvalue weighted by Gasteiger charge is -2.07. The summed E-state index contributed by atoms with van der Waals surface area (Å²) in [5, 5.41) is 6.23. The van der Waals surface area contributed by atoms with E-state index < -0.39 is 17.3 Å². The molecule has 3 aromatic carbocycles. The highest BCUT2D eigenvalue weighted by Gasteiger charge is 2.31. The van der Waals surface area contributed by atoms with Gasteiger partial charge in [0.2, 0.25) is 0 Å². The molecule has 2 N–H and O–H groups in total. The zero-order chi connectivity index (χ0) is 41.2. The molecular formula is C42H35F3N6O5S2. The van der Waals surface area contributed by atoms with Gasteiger partial charge in [0.05, 0.1) is 17.0 Å². The van der Waals surface area contributed by atoms with Crippen molar-refractivity contribution in [1.29, 1.82) is 0 Å². The highest BCUT2D eigenvalue weighted by Crippen LogP contribution is 2.29. The van der Waals surface area contributed by atoms with Crippen molar-refractivity contribution in [3.05, 3.63) is 192 Å². The third kappa shape index (κ3) is 10.4. The van der Waals surface area contributed by atoms with Gasteiger partial charge in [0.15, 0.2) is 16.0 Å². The average Bonchev–Trinajstić information content (AvgIpc) is 3.81. The number of hydrogen-bond acceptors (Lipinski definition) is 9. The van der Waals surface area contributed by atoms with Gasteiger partial charge in [-0.25, -0.2) is 9.97 Å². The van der Waals surface area contributed by atoms with E-state index in [9.17, 15) is 32.3 Å². The van der Waals surface area contributed by atoms with Crippen LogP contribution in [-0.4, -0.2) is 30.9 Å². The van der Waals surface area contributed by atoms with Crippen LogP contribution in [-0.2, 0) is 25.9 Å². The fourth-order valence-corrected chi connectivity index (χ4v) is 7.33. The first-order valence-electron chi connectivity index (χ1n) is 17.7. The normalized spacial score (nSPS) is 11.0. The molecule has 0 unspecified atom stereocenters. The number of alkyl halides is 3. The molecule has 2 amide bonds. The Hall–Kier alpha value is -6.65. The van der Waals surface area contributed by atoms with Gasteiger partial charge in [-0.2, -0.15) is 13.2 Å². The summed E-state index contributed by atoms with van der Waals surface area (Å²) in [6.07, 6.45) is -1.96. The molecule has 0 saturated heterocycles. The van der Waals surface area contributed by atoms with Gasteiger partial charge in [0.1, 0.15) is 16.4 Å². The summed E-state index contributed by atoms with van der Waals surface area (Å²) in [6.45, 7) is 4.41. The second-order valence-corrected chi connectivity index (χ2v) is 14.6. The molecule has 0 aliphatic heterocycles. The first kappa shape index (κ1) is 41.0. The smallest absolute Gasteiger partial charge is 0.416 e. The van der Waals surface area contributed by atoms with E-state index in [-0.39, 0.29) is 28.3 Å². The molecule has 0 saturated carbocycles. The third-order valence-electron chi connectivity index (χ3n) is 8.38. The molecule has 0 atom stereocenters. The van der Waals surface area contributed by atoms with Crippen molar-refractivity contribution in [3.8, 4) is 16.0 Å². The van der Waals surface area contributed by atoms with Gasteiger partial charge >= 0.3 is 6.18 Å². The Labute approximate surface area is 338 Å². The van der Waals surface area contributed by atoms with Gasteiger partial charge in [-0.3, -0.25) is 28.3 Å². The number of nitrogens with zero attached hydrogens (tertiary/aromatic N) is 4. The van der Waals surface area contributed by atoms with Crippen LogP contribution in [0.25, 0.3) is 10.3 Å². The van der Waals surface area contributed by atoms with Crippen LogP contribution in [0, 0.1) is 13.8 Å². The largest absolute Gasteiger partial charge is 0.483 e. The highest BCUT2D eigenvalue weighted by atomic mass is 32.1. The number of halogens is 3. The topological polar surface area (TPSA) is 137 Å². The molecule has 0 radical (unpaired) electrons. The lowest BCUT2D eigenvalue weighted by atomic mass is 10.2. The van der Waals surface area contributed by atoms with E-state index in [4.69, 9.17) is 4.74 Å². The molecule has 0 fully saturated rings. The zero-order valence-corrected chi connectivity index (χ0v) is 32.7. The van der Waals surface area contributed by atoms with Gasteiger partial charge in [0, 0.05) is 31.5 Å². The summed E-state index contributed by atoms with van der Waals surface area (Å²) >= 11 is 2.12. The fourth-order valence-electron chi connectivity index (χ4n) is 5.39. The molecule has 58 heavy (non-hydrogen) atoms. The minimum Gasteiger partial charge on any atom is -0.483 e. The van der Waals surface area contributed by atoms with E-state index >= 15 is 0 Å². The number of carbonyl (C=O) groups excluding carboxylic acids is 2. The highest BCUT2D eigenvalue weighted by molar-refractivity contribution is 7.16. The maximum absolute atomic E-state index is 12.9. The van der Waals surface area contributed by atoms with Crippen molar-refractivity contribution in [2.24, 2.45) is 0 Å². The molecular weight excluding hydrogens is 790 g/mol. The number of aryl methyl sites for hydroxylation is 2. The lowest BCUT2D eigenvalue weighted by molar-refractivity contribution is -0.137. The van der Waals surface area contributed by atoms with Crippen LogP contribution in [0.2, 0.25) is 0 Å². The first-order chi connectivity index (χ1) is 27.9. The molecule has 0 spiro atoms. The number of amides is 2. The number of hydrogen-bond donors (Lipinski definition) is 2. The fraction of sp³-hybridized carbons (Fsp3) is 0.143. The number of rotatable bonds is 11. The van der Waals surface area contributed by atoms with Gasteiger partial charge in [0.25, 0.3) is 22.9 Å². The van der Waals surface area contributed by atoms with Crippen molar-refractivity contribution >= 4 is 34.5 Å². The number of aromatic nitrogens is 4. The molecule has 11 nitrogen and oxygen atoms in total. The Bertz CT molecular complexity index is 2630. The maximum Gasteiger partial charge on any atom is 0.416 e. The summed E-state index contributed by atoms with van der Waals surface area (Å²) in [4.78, 5) is 59.3. The van der Waals surface area contributed by atoms with E-state index in [1.54, 1.807) is 32.2 Å². The number of thiazole rings is 2. The number of ether oxygens (including phenoxy) is 1. The molecule has 4 heterocycles. The van der Waals surface area contributed by atoms with E-state index in [2.05, 4.69) is 20.6 Å². The maximum atomic E-state index is 12.9. The number of nitrogens with one attached hydrogen (secondary N) is 2. The van der Waals surface area contributed by atoms with Gasteiger partial charge < -0.3 is 15.4 Å². The van der Waals surface area contributed by atoms with Crippen molar-refractivity contribution in [3.63, 3.8) is 0 Å². The van der Waals surface area contributed by atoms with Crippen LogP contribution in [0.3, 0.4) is 0 Å². The van der Waals surface area contributed by atoms with E-state index in [0.717, 1.165) is 44.9 Å². The van der Waals surface area contributed by atoms with Gasteiger partial charge in [-0.15, -0.1) is 0 Å². The van der Waals surface area contributed by atoms with Crippen molar-refractivity contribution in [1.82, 2.24) is 29.7 Å². The molecule has 7 aromatic rings. The SMILES string of the molecule is Cc1nc(-n2ccc(C(F)(F)F)cc2=O)sc1C(=O)NCc1ccccc1.Cc1nc(-n2cccc(OCc3ccccc3)c2=O)sc1C(=O)NCc1ccccc1. The summed E-state index contributed by atoms with van der Waals surface area (Å²) < 4.78 is 46.2. The summed E-state index contributed by atoms with van der Waals surface area (Å²) in [5.74, 6) is -0.344. The first-order valence-corrected chi connectivity index (χ1v) is 19.3. The number of carbonyl (C=O) groups is 2. The molecule has 0 bridgehead atoms. The molecule has 4 aromatic heterocycles. The predicted molar refractivity (Wildman–Crippen MR) is 216 cm³/mol. The Balaban J connectivity index is 0.000000198. The quantitative estimate of drug-likeness (QED) is 0.137. The van der Waals surface area contributed by atoms with Crippen LogP contribution >= 0.6 is 22.7 Å². The van der Waals surface area contributed by atoms with Crippen LogP contribution in [0.4, 0.5) is 13.2 Å². The van der Waals surface area contributed by atoms with Crippen LogP contribution in [0.5, 0.6) is 5.75 Å². The third-order valence-corrected chi connectivity index (χ3v) is 10.7. The van der Waals surface area contributed by atoms with Gasteiger partial charge in [-0.1, -0.05) is 114 Å². The lowest BCUT2D eigenvalue weighted by Crippen LogP contribution is -2.22.